The monoisotopic (exact) mass is 354 g/mol. The molecular weight excluding hydrogens is 345 g/mol. The highest BCUT2D eigenvalue weighted by molar-refractivity contribution is 7.73. The predicted molar refractivity (Wildman–Crippen MR) is 72.0 cm³/mol. The van der Waals surface area contributed by atoms with Crippen LogP contribution in [0.1, 0.15) is 11.1 Å². The maximum atomic E-state index is 13.0. The zero-order chi connectivity index (χ0) is 17.5. The summed E-state index contributed by atoms with van der Waals surface area (Å²) in [5.74, 6) is 0. The van der Waals surface area contributed by atoms with Crippen molar-refractivity contribution >= 4 is 18.0 Å². The van der Waals surface area contributed by atoms with Crippen molar-refractivity contribution in [3.63, 3.8) is 0 Å². The molecule has 2 nitrogen and oxygen atoms in total. The third-order valence-corrected chi connectivity index (χ3v) is 5.16. The Morgan fingerprint density at radius 3 is 1.30 bits per heavy atom. The Morgan fingerprint density at radius 2 is 1.00 bits per heavy atom. The van der Waals surface area contributed by atoms with Crippen LogP contribution in [0, 0.1) is 0 Å². The van der Waals surface area contributed by atoms with Crippen LogP contribution in [0.15, 0.2) is 48.5 Å². The van der Waals surface area contributed by atoms with Gasteiger partial charge in [0.2, 0.25) is 0 Å². The van der Waals surface area contributed by atoms with E-state index in [0.717, 1.165) is 24.3 Å². The van der Waals surface area contributed by atoms with E-state index in [4.69, 9.17) is 0 Å². The lowest BCUT2D eigenvalue weighted by atomic mass is 10.2. The number of hydrogen-bond acceptors (Lipinski definition) is 1. The maximum Gasteiger partial charge on any atom is 0.417 e. The highest BCUT2D eigenvalue weighted by Crippen LogP contribution is 2.46. The van der Waals surface area contributed by atoms with Gasteiger partial charge in [0.05, 0.1) is 21.7 Å². The summed E-state index contributed by atoms with van der Waals surface area (Å²) in [6.07, 6.45) is -9.94. The fraction of sp³-hybridized carbons (Fsp3) is 0.143. The summed E-state index contributed by atoms with van der Waals surface area (Å²) in [7, 11) is -5.11. The van der Waals surface area contributed by atoms with E-state index in [2.05, 4.69) is 0 Å². The Kier molecular flexibility index (Phi) is 4.34. The van der Waals surface area contributed by atoms with Crippen molar-refractivity contribution in [1.82, 2.24) is 0 Å². The van der Waals surface area contributed by atoms with E-state index >= 15 is 0 Å². The first-order chi connectivity index (χ1) is 10.5. The lowest BCUT2D eigenvalue weighted by Crippen LogP contribution is -2.28. The van der Waals surface area contributed by atoms with Gasteiger partial charge in [0.25, 0.3) is 7.37 Å². The zero-order valence-electron chi connectivity index (χ0n) is 11.2. The van der Waals surface area contributed by atoms with Crippen LogP contribution in [0.5, 0.6) is 0 Å². The van der Waals surface area contributed by atoms with Gasteiger partial charge in [0.15, 0.2) is 0 Å². The minimum Gasteiger partial charge on any atom is -0.338 e. The summed E-state index contributed by atoms with van der Waals surface area (Å²) in [6, 6.07) is 6.60. The normalized spacial score (nSPS) is 13.2. The fourth-order valence-electron chi connectivity index (χ4n) is 2.09. The SMILES string of the molecule is O=P(O)(c1ccccc1C(F)(F)F)c1ccccc1C(F)(F)F. The van der Waals surface area contributed by atoms with Crippen molar-refractivity contribution < 1.29 is 35.8 Å². The Balaban J connectivity index is 2.74. The van der Waals surface area contributed by atoms with E-state index in [1.807, 2.05) is 0 Å². The summed E-state index contributed by atoms with van der Waals surface area (Å²) >= 11 is 0. The van der Waals surface area contributed by atoms with Crippen molar-refractivity contribution in [2.75, 3.05) is 0 Å². The molecule has 0 heterocycles. The number of rotatable bonds is 2. The van der Waals surface area contributed by atoms with Gasteiger partial charge in [0.1, 0.15) is 0 Å². The molecule has 124 valence electrons. The molecule has 2 aromatic rings. The molecule has 0 aliphatic rings. The van der Waals surface area contributed by atoms with Gasteiger partial charge in [-0.1, -0.05) is 24.3 Å². The van der Waals surface area contributed by atoms with Crippen molar-refractivity contribution in [2.24, 2.45) is 0 Å². The summed E-state index contributed by atoms with van der Waals surface area (Å²) in [5, 5.41) is -2.16. The molecule has 0 spiro atoms. The molecule has 0 aromatic heterocycles. The molecule has 0 atom stereocenters. The fourth-order valence-corrected chi connectivity index (χ4v) is 3.98. The topological polar surface area (TPSA) is 37.3 Å². The molecule has 0 saturated carbocycles. The summed E-state index contributed by atoms with van der Waals surface area (Å²) in [6.45, 7) is 0. The molecule has 2 aromatic carbocycles. The lowest BCUT2D eigenvalue weighted by Gasteiger charge is -2.21. The molecule has 0 fully saturated rings. The van der Waals surface area contributed by atoms with Crippen molar-refractivity contribution in [1.29, 1.82) is 0 Å². The van der Waals surface area contributed by atoms with E-state index in [-0.39, 0.29) is 0 Å². The molecule has 0 amide bonds. The van der Waals surface area contributed by atoms with Crippen LogP contribution in [0.4, 0.5) is 26.3 Å². The second-order valence-corrected chi connectivity index (χ2v) is 6.72. The van der Waals surface area contributed by atoms with Crippen LogP contribution in [0.3, 0.4) is 0 Å². The van der Waals surface area contributed by atoms with Crippen LogP contribution in [-0.4, -0.2) is 4.89 Å². The van der Waals surface area contributed by atoms with Gasteiger partial charge in [0, 0.05) is 0 Å². The number of benzene rings is 2. The van der Waals surface area contributed by atoms with E-state index in [0.29, 0.717) is 24.3 Å². The van der Waals surface area contributed by atoms with Crippen LogP contribution < -0.4 is 10.6 Å². The lowest BCUT2D eigenvalue weighted by molar-refractivity contribution is -0.137. The van der Waals surface area contributed by atoms with Gasteiger partial charge in [-0.05, 0) is 24.3 Å². The van der Waals surface area contributed by atoms with E-state index in [9.17, 15) is 35.8 Å². The molecule has 0 radical (unpaired) electrons. The van der Waals surface area contributed by atoms with Gasteiger partial charge in [-0.3, -0.25) is 4.57 Å². The molecule has 0 saturated heterocycles. The quantitative estimate of drug-likeness (QED) is 0.655. The Bertz CT molecular complexity index is 705. The smallest absolute Gasteiger partial charge is 0.338 e. The Morgan fingerprint density at radius 1 is 0.696 bits per heavy atom. The molecule has 9 heteroatoms. The average Bonchev–Trinajstić information content (AvgIpc) is 2.45. The van der Waals surface area contributed by atoms with Gasteiger partial charge >= 0.3 is 12.4 Å². The molecule has 2 rings (SSSR count). The van der Waals surface area contributed by atoms with Crippen molar-refractivity contribution in [3.05, 3.63) is 59.7 Å². The van der Waals surface area contributed by atoms with Crippen LogP contribution >= 0.6 is 7.37 Å². The van der Waals surface area contributed by atoms with E-state index in [1.165, 1.54) is 0 Å². The highest BCUT2D eigenvalue weighted by Gasteiger charge is 2.43. The molecule has 0 bridgehead atoms. The zero-order valence-corrected chi connectivity index (χ0v) is 12.1. The third kappa shape index (κ3) is 3.43. The van der Waals surface area contributed by atoms with Crippen LogP contribution in [0.2, 0.25) is 0 Å². The Labute approximate surface area is 126 Å². The highest BCUT2D eigenvalue weighted by atomic mass is 31.2. The van der Waals surface area contributed by atoms with E-state index in [1.54, 1.807) is 0 Å². The minimum absolute atomic E-state index is 0.550. The molecule has 0 unspecified atom stereocenters. The summed E-state index contributed by atoms with van der Waals surface area (Å²) < 4.78 is 90.4. The first-order valence-corrected chi connectivity index (χ1v) is 7.78. The molecule has 0 aliphatic heterocycles. The second kappa shape index (κ2) is 5.69. The Hall–Kier alpha value is -1.79. The van der Waals surface area contributed by atoms with E-state index < -0.39 is 41.5 Å². The van der Waals surface area contributed by atoms with Crippen LogP contribution in [-0.2, 0) is 16.9 Å². The molecule has 1 N–H and O–H groups in total. The predicted octanol–water partition coefficient (Wildman–Crippen LogP) is 3.95. The van der Waals surface area contributed by atoms with Gasteiger partial charge in [-0.2, -0.15) is 26.3 Å². The van der Waals surface area contributed by atoms with Crippen molar-refractivity contribution in [2.45, 2.75) is 12.4 Å². The van der Waals surface area contributed by atoms with Gasteiger partial charge in [-0.25, -0.2) is 0 Å². The first kappa shape index (κ1) is 17.6. The van der Waals surface area contributed by atoms with Crippen molar-refractivity contribution in [3.8, 4) is 0 Å². The molecular formula is C14H9F6O2P. The summed E-state index contributed by atoms with van der Waals surface area (Å²) in [4.78, 5) is 10.1. The molecule has 23 heavy (non-hydrogen) atoms. The third-order valence-electron chi connectivity index (χ3n) is 3.07. The first-order valence-electron chi connectivity index (χ1n) is 6.12. The van der Waals surface area contributed by atoms with Gasteiger partial charge in [-0.15, -0.1) is 0 Å². The standard InChI is InChI=1S/C14H9F6O2P/c15-13(16,17)9-5-1-3-7-11(9)23(21,22)12-8-4-2-6-10(12)14(18,19)20/h1-8H,(H,21,22). The number of hydrogen-bond donors (Lipinski definition) is 1. The number of halogens is 6. The number of alkyl halides is 6. The van der Waals surface area contributed by atoms with Gasteiger partial charge < -0.3 is 4.89 Å². The minimum atomic E-state index is -5.11. The summed E-state index contributed by atoms with van der Waals surface area (Å²) in [5.41, 5.74) is -2.88. The largest absolute Gasteiger partial charge is 0.417 e. The average molecular weight is 354 g/mol. The maximum absolute atomic E-state index is 13.0. The second-order valence-electron chi connectivity index (χ2n) is 4.61. The molecule has 0 aliphatic carbocycles. The van der Waals surface area contributed by atoms with Crippen LogP contribution in [0.25, 0.3) is 0 Å².